The van der Waals surface area contributed by atoms with Crippen LogP contribution in [0.15, 0.2) is 48.5 Å². The summed E-state index contributed by atoms with van der Waals surface area (Å²) in [5, 5.41) is 12.6. The number of halogens is 4. The van der Waals surface area contributed by atoms with E-state index in [1.165, 1.54) is 0 Å². The number of carbonyl (C=O) groups is 3. The van der Waals surface area contributed by atoms with E-state index in [4.69, 9.17) is 16.3 Å². The molecule has 3 saturated carbocycles. The van der Waals surface area contributed by atoms with Crippen LogP contribution in [-0.4, -0.2) is 58.9 Å². The van der Waals surface area contributed by atoms with Crippen molar-refractivity contribution in [2.75, 3.05) is 30.3 Å². The van der Waals surface area contributed by atoms with Crippen molar-refractivity contribution in [2.24, 2.45) is 23.7 Å². The van der Waals surface area contributed by atoms with Gasteiger partial charge < -0.3 is 30.8 Å². The summed E-state index contributed by atoms with van der Waals surface area (Å²) in [6, 6.07) is 13.3. The van der Waals surface area contributed by atoms with Crippen molar-refractivity contribution in [1.29, 1.82) is 0 Å². The average molecular weight is 700 g/mol. The summed E-state index contributed by atoms with van der Waals surface area (Å²) in [6.45, 7) is -0.690. The van der Waals surface area contributed by atoms with Gasteiger partial charge in [0.2, 0.25) is 17.8 Å². The molecule has 6 rings (SSSR count). The Morgan fingerprint density at radius 2 is 1.71 bits per heavy atom. The number of nitrogens with one attached hydrogen (secondary N) is 4. The largest absolute Gasteiger partial charge is 0.454 e. The van der Waals surface area contributed by atoms with Crippen LogP contribution in [0.4, 0.5) is 30.8 Å². The van der Waals surface area contributed by atoms with Gasteiger partial charge in [-0.05, 0) is 97.7 Å². The summed E-state index contributed by atoms with van der Waals surface area (Å²) in [7, 11) is 0. The molecular formula is C34H37ClF3N7O4. The third-order valence-electron chi connectivity index (χ3n) is 9.25. The van der Waals surface area contributed by atoms with Gasteiger partial charge in [0.15, 0.2) is 6.61 Å². The Balaban J connectivity index is 1.02. The fourth-order valence-electron chi connectivity index (χ4n) is 6.29. The van der Waals surface area contributed by atoms with Gasteiger partial charge >= 0.3 is 12.2 Å². The number of benzene rings is 2. The lowest BCUT2D eigenvalue weighted by molar-refractivity contribution is -0.154. The number of aromatic nitrogens is 3. The zero-order chi connectivity index (χ0) is 34.6. The average Bonchev–Trinajstić information content (AvgIpc) is 3.97. The molecule has 260 valence electrons. The molecular weight excluding hydrogens is 663 g/mol. The lowest BCUT2D eigenvalue weighted by atomic mass is 9.95. The number of anilines is 3. The van der Waals surface area contributed by atoms with Crippen LogP contribution < -0.4 is 26.0 Å². The molecule has 15 heteroatoms. The highest BCUT2D eigenvalue weighted by Gasteiger charge is 2.77. The fourth-order valence-corrected chi connectivity index (χ4v) is 6.42. The predicted octanol–water partition coefficient (Wildman–Crippen LogP) is 5.80. The van der Waals surface area contributed by atoms with Gasteiger partial charge in [0.05, 0.1) is 5.54 Å². The molecule has 49 heavy (non-hydrogen) atoms. The van der Waals surface area contributed by atoms with Gasteiger partial charge in [0.1, 0.15) is 6.29 Å². The molecule has 0 bridgehead atoms. The smallest absolute Gasteiger partial charge is 0.422 e. The zero-order valence-corrected chi connectivity index (χ0v) is 27.3. The first-order valence-corrected chi connectivity index (χ1v) is 16.8. The van der Waals surface area contributed by atoms with Crippen LogP contribution in [0.3, 0.4) is 0 Å². The predicted molar refractivity (Wildman–Crippen MR) is 176 cm³/mol. The molecule has 2 amide bonds. The summed E-state index contributed by atoms with van der Waals surface area (Å²) in [4.78, 5) is 48.2. The maximum atomic E-state index is 12.9. The molecule has 0 aliphatic heterocycles. The minimum Gasteiger partial charge on any atom is -0.454 e. The Morgan fingerprint density at radius 1 is 1.00 bits per heavy atom. The Bertz CT molecular complexity index is 1650. The van der Waals surface area contributed by atoms with Gasteiger partial charge in [-0.25, -0.2) is 0 Å². The van der Waals surface area contributed by atoms with Crippen molar-refractivity contribution in [3.8, 4) is 6.01 Å². The fraction of sp³-hybridized carbons (Fsp3) is 0.471. The molecule has 11 nitrogen and oxygen atoms in total. The molecule has 3 aliphatic carbocycles. The summed E-state index contributed by atoms with van der Waals surface area (Å²) < 4.78 is 43.7. The number of carbonyl (C=O) groups excluding carboxylic acids is 3. The van der Waals surface area contributed by atoms with E-state index in [9.17, 15) is 27.6 Å². The number of hydrogen-bond acceptors (Lipinski definition) is 9. The summed E-state index contributed by atoms with van der Waals surface area (Å²) in [6.07, 6.45) is 1.67. The van der Waals surface area contributed by atoms with Crippen molar-refractivity contribution >= 4 is 47.3 Å². The van der Waals surface area contributed by atoms with Crippen LogP contribution in [0.25, 0.3) is 0 Å². The standard InChI is InChI=1S/C34H37ClF3N7O4/c35-24-11-9-23(10-12-24)34(26-17-27(26)34)45-31-42-30(43-32(44-31)49-19-33(36,37)38)41-25-13-7-21(8-14-25)29(48)39-15-1-4-28(47)40-18-22(3-2-16-46)20-5-6-20/h7-14,16,20,22,26-27H,1-6,15,17-19H2,(H,39,48)(H,40,47)(H2,41,42,43,44,45)/t22-,26?,27?,34?/m1/s1. The Morgan fingerprint density at radius 3 is 2.35 bits per heavy atom. The number of alkyl halides is 3. The molecule has 3 aromatic rings. The number of hydrogen-bond donors (Lipinski definition) is 4. The van der Waals surface area contributed by atoms with E-state index in [2.05, 4.69) is 36.2 Å². The molecule has 3 atom stereocenters. The Labute approximate surface area is 286 Å². The third-order valence-corrected chi connectivity index (χ3v) is 9.50. The highest BCUT2D eigenvalue weighted by molar-refractivity contribution is 6.30. The van der Waals surface area contributed by atoms with E-state index >= 15 is 0 Å². The monoisotopic (exact) mass is 699 g/mol. The first-order chi connectivity index (χ1) is 23.5. The molecule has 0 saturated heterocycles. The normalized spacial score (nSPS) is 21.1. The quantitative estimate of drug-likeness (QED) is 0.0956. The maximum Gasteiger partial charge on any atom is 0.422 e. The van der Waals surface area contributed by atoms with Crippen LogP contribution in [0.5, 0.6) is 6.01 Å². The van der Waals surface area contributed by atoms with Crippen LogP contribution in [0, 0.1) is 23.7 Å². The topological polar surface area (TPSA) is 147 Å². The van der Waals surface area contributed by atoms with Crippen molar-refractivity contribution in [1.82, 2.24) is 25.6 Å². The first kappa shape index (κ1) is 34.4. The lowest BCUT2D eigenvalue weighted by Gasteiger charge is -2.25. The minimum atomic E-state index is -4.59. The van der Waals surface area contributed by atoms with Gasteiger partial charge in [-0.3, -0.25) is 9.59 Å². The summed E-state index contributed by atoms with van der Waals surface area (Å²) in [5.41, 5.74) is 1.39. The minimum absolute atomic E-state index is 0.0436. The van der Waals surface area contributed by atoms with Crippen molar-refractivity contribution in [3.05, 3.63) is 64.7 Å². The van der Waals surface area contributed by atoms with Gasteiger partial charge in [0, 0.05) is 42.2 Å². The second kappa shape index (κ2) is 14.6. The van der Waals surface area contributed by atoms with Gasteiger partial charge in [0.25, 0.3) is 5.91 Å². The molecule has 2 aromatic carbocycles. The highest BCUT2D eigenvalue weighted by atomic mass is 35.5. The van der Waals surface area contributed by atoms with Crippen molar-refractivity contribution in [2.45, 2.75) is 56.7 Å². The van der Waals surface area contributed by atoms with E-state index < -0.39 is 24.3 Å². The lowest BCUT2D eigenvalue weighted by Crippen LogP contribution is -2.31. The Hall–Kier alpha value is -4.46. The van der Waals surface area contributed by atoms with E-state index in [-0.39, 0.29) is 30.1 Å². The van der Waals surface area contributed by atoms with Crippen LogP contribution in [-0.2, 0) is 15.1 Å². The van der Waals surface area contributed by atoms with Crippen LogP contribution >= 0.6 is 11.6 Å². The number of rotatable bonds is 18. The molecule has 1 aromatic heterocycles. The summed E-state index contributed by atoms with van der Waals surface area (Å²) in [5.74, 6) is 1.23. The number of nitrogens with zero attached hydrogens (tertiary/aromatic N) is 3. The molecule has 3 aliphatic rings. The zero-order valence-electron chi connectivity index (χ0n) is 26.6. The number of ether oxygens (including phenoxy) is 1. The SMILES string of the molecule is O=CCC[C@H](CNC(=O)CCCNC(=O)c1ccc(Nc2nc(NC3(c4ccc(Cl)cc4)C4CC43)nc(OCC(F)(F)F)n2)cc1)C1CC1. The van der Waals surface area contributed by atoms with Gasteiger partial charge in [-0.1, -0.05) is 23.7 Å². The van der Waals surface area contributed by atoms with Crippen molar-refractivity contribution < 1.29 is 32.3 Å². The van der Waals surface area contributed by atoms with E-state index in [1.54, 1.807) is 36.4 Å². The van der Waals surface area contributed by atoms with Gasteiger partial charge in [-0.15, -0.1) is 0 Å². The van der Waals surface area contributed by atoms with E-state index in [0.29, 0.717) is 65.9 Å². The molecule has 0 spiro atoms. The molecule has 4 N–H and O–H groups in total. The maximum absolute atomic E-state index is 12.9. The third kappa shape index (κ3) is 8.97. The number of amides is 2. The second-order valence-corrected chi connectivity index (χ2v) is 13.3. The number of fused-ring (bicyclic) bond motifs is 1. The van der Waals surface area contributed by atoms with Crippen molar-refractivity contribution in [3.63, 3.8) is 0 Å². The molecule has 0 radical (unpaired) electrons. The highest BCUT2D eigenvalue weighted by Crippen LogP contribution is 2.77. The van der Waals surface area contributed by atoms with Crippen LogP contribution in [0.2, 0.25) is 5.02 Å². The first-order valence-electron chi connectivity index (χ1n) is 16.4. The van der Waals surface area contributed by atoms with Crippen LogP contribution in [0.1, 0.15) is 60.9 Å². The Kier molecular flexibility index (Phi) is 10.2. The van der Waals surface area contributed by atoms with Gasteiger partial charge in [-0.2, -0.15) is 28.1 Å². The second-order valence-electron chi connectivity index (χ2n) is 12.8. The van der Waals surface area contributed by atoms with E-state index in [0.717, 1.165) is 37.5 Å². The molecule has 1 heterocycles. The summed E-state index contributed by atoms with van der Waals surface area (Å²) >= 11 is 6.07. The van der Waals surface area contributed by atoms with E-state index in [1.807, 2.05) is 12.1 Å². The molecule has 2 unspecified atom stereocenters. The molecule has 3 fully saturated rings. The number of aldehydes is 1.